The average Bonchev–Trinajstić information content (AvgIpc) is 2.93. The monoisotopic (exact) mass is 199 g/mol. The minimum atomic E-state index is 0.680. The van der Waals surface area contributed by atoms with Crippen LogP contribution in [0.25, 0.3) is 0 Å². The molecule has 0 radical (unpaired) electrons. The Morgan fingerprint density at radius 3 is 2.50 bits per heavy atom. The normalized spacial score (nSPS) is 18.4. The molecule has 0 amide bonds. The molecule has 0 saturated heterocycles. The van der Waals surface area contributed by atoms with Crippen molar-refractivity contribution in [3.05, 3.63) is 0 Å². The van der Waals surface area contributed by atoms with Gasteiger partial charge >= 0.3 is 0 Å². The SMILES string of the molecule is CCCOCCNCC1(CCC)CC1. The van der Waals surface area contributed by atoms with E-state index in [1.807, 2.05) is 0 Å². The Labute approximate surface area is 88.4 Å². The fraction of sp³-hybridized carbons (Fsp3) is 1.00. The van der Waals surface area contributed by atoms with Crippen molar-refractivity contribution in [2.24, 2.45) is 5.41 Å². The molecule has 0 atom stereocenters. The quantitative estimate of drug-likeness (QED) is 0.576. The molecule has 84 valence electrons. The summed E-state index contributed by atoms with van der Waals surface area (Å²) in [5.74, 6) is 0. The molecule has 1 rings (SSSR count). The highest BCUT2D eigenvalue weighted by molar-refractivity contribution is 4.94. The van der Waals surface area contributed by atoms with Crippen LogP contribution in [0.2, 0.25) is 0 Å². The van der Waals surface area contributed by atoms with Gasteiger partial charge in [-0.15, -0.1) is 0 Å². The third-order valence-corrected chi connectivity index (χ3v) is 3.01. The lowest BCUT2D eigenvalue weighted by molar-refractivity contribution is 0.135. The largest absolute Gasteiger partial charge is 0.380 e. The van der Waals surface area contributed by atoms with E-state index in [1.54, 1.807) is 0 Å². The molecule has 0 aromatic carbocycles. The fourth-order valence-electron chi connectivity index (χ4n) is 1.97. The molecule has 0 spiro atoms. The summed E-state index contributed by atoms with van der Waals surface area (Å²) in [6.07, 6.45) is 6.72. The molecule has 2 heteroatoms. The maximum Gasteiger partial charge on any atom is 0.0590 e. The van der Waals surface area contributed by atoms with E-state index in [2.05, 4.69) is 19.2 Å². The van der Waals surface area contributed by atoms with Gasteiger partial charge in [0.1, 0.15) is 0 Å². The van der Waals surface area contributed by atoms with Crippen LogP contribution in [-0.2, 0) is 4.74 Å². The van der Waals surface area contributed by atoms with Crippen LogP contribution in [0.15, 0.2) is 0 Å². The first-order valence-corrected chi connectivity index (χ1v) is 6.11. The van der Waals surface area contributed by atoms with Gasteiger partial charge in [0, 0.05) is 19.7 Å². The van der Waals surface area contributed by atoms with E-state index in [9.17, 15) is 0 Å². The third kappa shape index (κ3) is 4.43. The van der Waals surface area contributed by atoms with E-state index in [-0.39, 0.29) is 0 Å². The fourth-order valence-corrected chi connectivity index (χ4v) is 1.97. The number of ether oxygens (including phenoxy) is 1. The Kier molecular flexibility index (Phi) is 5.49. The minimum Gasteiger partial charge on any atom is -0.380 e. The molecule has 0 heterocycles. The van der Waals surface area contributed by atoms with Crippen LogP contribution >= 0.6 is 0 Å². The van der Waals surface area contributed by atoms with Gasteiger partial charge in [-0.2, -0.15) is 0 Å². The van der Waals surface area contributed by atoms with Gasteiger partial charge in [-0.1, -0.05) is 20.3 Å². The lowest BCUT2D eigenvalue weighted by Crippen LogP contribution is -2.27. The van der Waals surface area contributed by atoms with Gasteiger partial charge in [-0.3, -0.25) is 0 Å². The van der Waals surface area contributed by atoms with Crippen molar-refractivity contribution < 1.29 is 4.74 Å². The molecule has 1 aliphatic rings. The number of rotatable bonds is 9. The summed E-state index contributed by atoms with van der Waals surface area (Å²) >= 11 is 0. The molecule has 0 aromatic heterocycles. The van der Waals surface area contributed by atoms with E-state index < -0.39 is 0 Å². The van der Waals surface area contributed by atoms with Gasteiger partial charge in [0.2, 0.25) is 0 Å². The first-order chi connectivity index (χ1) is 6.83. The van der Waals surface area contributed by atoms with E-state index in [1.165, 1.54) is 32.2 Å². The molecule has 0 aromatic rings. The lowest BCUT2D eigenvalue weighted by atomic mass is 10.0. The molecular formula is C12H25NO. The second-order valence-electron chi connectivity index (χ2n) is 4.54. The highest BCUT2D eigenvalue weighted by Crippen LogP contribution is 2.48. The Bertz CT molecular complexity index is 143. The maximum absolute atomic E-state index is 5.42. The van der Waals surface area contributed by atoms with Crippen LogP contribution in [0, 0.1) is 5.41 Å². The molecular weight excluding hydrogens is 174 g/mol. The smallest absolute Gasteiger partial charge is 0.0590 e. The molecule has 0 unspecified atom stereocenters. The van der Waals surface area contributed by atoms with Crippen LogP contribution in [0.5, 0.6) is 0 Å². The zero-order valence-electron chi connectivity index (χ0n) is 9.77. The van der Waals surface area contributed by atoms with Crippen LogP contribution in [0.4, 0.5) is 0 Å². The van der Waals surface area contributed by atoms with Gasteiger partial charge in [0.05, 0.1) is 6.61 Å². The highest BCUT2D eigenvalue weighted by Gasteiger charge is 2.40. The summed E-state index contributed by atoms with van der Waals surface area (Å²) < 4.78 is 5.42. The molecule has 0 aliphatic heterocycles. The zero-order chi connectivity index (χ0) is 10.3. The number of nitrogens with one attached hydrogen (secondary N) is 1. The molecule has 2 nitrogen and oxygen atoms in total. The van der Waals surface area contributed by atoms with Crippen molar-refractivity contribution in [2.75, 3.05) is 26.3 Å². The lowest BCUT2D eigenvalue weighted by Gasteiger charge is -2.14. The van der Waals surface area contributed by atoms with Crippen molar-refractivity contribution in [1.82, 2.24) is 5.32 Å². The van der Waals surface area contributed by atoms with Gasteiger partial charge in [-0.25, -0.2) is 0 Å². The third-order valence-electron chi connectivity index (χ3n) is 3.01. The van der Waals surface area contributed by atoms with Crippen molar-refractivity contribution >= 4 is 0 Å². The van der Waals surface area contributed by atoms with Gasteiger partial charge in [-0.05, 0) is 31.1 Å². The molecule has 0 bridgehead atoms. The number of hydrogen-bond donors (Lipinski definition) is 1. The Balaban J connectivity index is 1.88. The van der Waals surface area contributed by atoms with E-state index in [0.29, 0.717) is 5.41 Å². The average molecular weight is 199 g/mol. The molecule has 1 saturated carbocycles. The second-order valence-corrected chi connectivity index (χ2v) is 4.54. The van der Waals surface area contributed by atoms with E-state index in [0.717, 1.165) is 26.2 Å². The Hall–Kier alpha value is -0.0800. The van der Waals surface area contributed by atoms with Crippen molar-refractivity contribution in [3.63, 3.8) is 0 Å². The predicted molar refractivity (Wildman–Crippen MR) is 60.6 cm³/mol. The Morgan fingerprint density at radius 2 is 1.93 bits per heavy atom. The summed E-state index contributed by atoms with van der Waals surface area (Å²) in [6.45, 7) is 8.43. The minimum absolute atomic E-state index is 0.680. The summed E-state index contributed by atoms with van der Waals surface area (Å²) in [7, 11) is 0. The van der Waals surface area contributed by atoms with Gasteiger partial charge < -0.3 is 10.1 Å². The first kappa shape index (κ1) is 12.0. The molecule has 1 aliphatic carbocycles. The van der Waals surface area contributed by atoms with Crippen LogP contribution in [-0.4, -0.2) is 26.3 Å². The van der Waals surface area contributed by atoms with E-state index in [4.69, 9.17) is 4.74 Å². The first-order valence-electron chi connectivity index (χ1n) is 6.11. The standard InChI is InChI=1S/C12H25NO/c1-3-5-12(6-7-12)11-13-8-10-14-9-4-2/h13H,3-11H2,1-2H3. The topological polar surface area (TPSA) is 21.3 Å². The van der Waals surface area contributed by atoms with Gasteiger partial charge in [0.25, 0.3) is 0 Å². The predicted octanol–water partition coefficient (Wildman–Crippen LogP) is 2.58. The summed E-state index contributed by atoms with van der Waals surface area (Å²) in [4.78, 5) is 0. The maximum atomic E-state index is 5.42. The van der Waals surface area contributed by atoms with Crippen LogP contribution < -0.4 is 5.32 Å². The second kappa shape index (κ2) is 6.41. The Morgan fingerprint density at radius 1 is 1.14 bits per heavy atom. The highest BCUT2D eigenvalue weighted by atomic mass is 16.5. The summed E-state index contributed by atoms with van der Waals surface area (Å²) in [5.41, 5.74) is 0.680. The van der Waals surface area contributed by atoms with E-state index >= 15 is 0 Å². The molecule has 14 heavy (non-hydrogen) atoms. The van der Waals surface area contributed by atoms with Crippen molar-refractivity contribution in [3.8, 4) is 0 Å². The van der Waals surface area contributed by atoms with Crippen LogP contribution in [0.1, 0.15) is 46.0 Å². The summed E-state index contributed by atoms with van der Waals surface area (Å²) in [6, 6.07) is 0. The van der Waals surface area contributed by atoms with Gasteiger partial charge in [0.15, 0.2) is 0 Å². The molecule has 1 N–H and O–H groups in total. The molecule has 1 fully saturated rings. The summed E-state index contributed by atoms with van der Waals surface area (Å²) in [5, 5.41) is 3.51. The van der Waals surface area contributed by atoms with Crippen molar-refractivity contribution in [2.45, 2.75) is 46.0 Å². The van der Waals surface area contributed by atoms with Crippen molar-refractivity contribution in [1.29, 1.82) is 0 Å². The zero-order valence-corrected chi connectivity index (χ0v) is 9.77. The van der Waals surface area contributed by atoms with Crippen LogP contribution in [0.3, 0.4) is 0 Å². The number of hydrogen-bond acceptors (Lipinski definition) is 2.